The van der Waals surface area contributed by atoms with Crippen molar-refractivity contribution in [2.45, 2.75) is 20.5 Å². The second-order valence-electron chi connectivity index (χ2n) is 4.70. The van der Waals surface area contributed by atoms with E-state index in [9.17, 15) is 13.6 Å². The molecule has 1 amide bonds. The van der Waals surface area contributed by atoms with Gasteiger partial charge in [0.05, 0.1) is 15.9 Å². The monoisotopic (exact) mass is 373 g/mol. The van der Waals surface area contributed by atoms with Crippen LogP contribution < -0.4 is 10.1 Å². The van der Waals surface area contributed by atoms with Crippen molar-refractivity contribution < 1.29 is 18.3 Å². The van der Waals surface area contributed by atoms with Crippen molar-refractivity contribution in [1.29, 1.82) is 0 Å². The Bertz CT molecular complexity index is 716. The summed E-state index contributed by atoms with van der Waals surface area (Å²) in [5, 5.41) is 6.62. The maximum Gasteiger partial charge on any atom is 0.387 e. The first-order valence-electron chi connectivity index (χ1n) is 6.35. The van der Waals surface area contributed by atoms with Gasteiger partial charge in [-0.25, -0.2) is 0 Å². The van der Waals surface area contributed by atoms with Crippen LogP contribution in [0, 0.1) is 13.8 Å². The van der Waals surface area contributed by atoms with E-state index in [4.69, 9.17) is 0 Å². The summed E-state index contributed by atoms with van der Waals surface area (Å²) in [6, 6.07) is 4.63. The zero-order chi connectivity index (χ0) is 16.4. The minimum absolute atomic E-state index is 0.0906. The number of halogens is 3. The van der Waals surface area contributed by atoms with Crippen LogP contribution in [0.25, 0.3) is 0 Å². The van der Waals surface area contributed by atoms with Crippen LogP contribution in [0.15, 0.2) is 22.7 Å². The van der Waals surface area contributed by atoms with Crippen molar-refractivity contribution in [3.8, 4) is 5.75 Å². The van der Waals surface area contributed by atoms with Crippen LogP contribution in [-0.4, -0.2) is 22.3 Å². The van der Waals surface area contributed by atoms with Gasteiger partial charge in [-0.05, 0) is 47.5 Å². The molecule has 0 aliphatic rings. The van der Waals surface area contributed by atoms with Crippen LogP contribution in [0.4, 0.5) is 14.5 Å². The van der Waals surface area contributed by atoms with Crippen LogP contribution in [0.1, 0.15) is 21.7 Å². The van der Waals surface area contributed by atoms with Gasteiger partial charge in [0.2, 0.25) is 0 Å². The molecule has 0 aliphatic carbocycles. The summed E-state index contributed by atoms with van der Waals surface area (Å²) in [6.07, 6.45) is 0. The molecule has 5 nitrogen and oxygen atoms in total. The molecule has 0 saturated carbocycles. The molecule has 0 unspecified atom stereocenters. The molecule has 1 aromatic heterocycles. The van der Waals surface area contributed by atoms with Crippen molar-refractivity contribution in [2.24, 2.45) is 7.05 Å². The molecule has 1 aromatic carbocycles. The largest absolute Gasteiger partial charge is 0.433 e. The Kier molecular flexibility index (Phi) is 4.80. The zero-order valence-corrected chi connectivity index (χ0v) is 13.7. The minimum atomic E-state index is -2.97. The van der Waals surface area contributed by atoms with Gasteiger partial charge in [-0.3, -0.25) is 9.48 Å². The molecule has 2 aromatic rings. The second-order valence-corrected chi connectivity index (χ2v) is 5.50. The fourth-order valence-electron chi connectivity index (χ4n) is 1.84. The lowest BCUT2D eigenvalue weighted by molar-refractivity contribution is -0.0494. The first-order chi connectivity index (χ1) is 10.3. The molecular weight excluding hydrogens is 360 g/mol. The number of hydrogen-bond donors (Lipinski definition) is 1. The number of carbonyl (C=O) groups is 1. The van der Waals surface area contributed by atoms with Gasteiger partial charge >= 0.3 is 6.61 Å². The Morgan fingerprint density at radius 2 is 2.09 bits per heavy atom. The maximum atomic E-state index is 12.5. The van der Waals surface area contributed by atoms with Crippen LogP contribution in [0.2, 0.25) is 0 Å². The van der Waals surface area contributed by atoms with E-state index < -0.39 is 12.5 Å². The van der Waals surface area contributed by atoms with Crippen LogP contribution in [0.3, 0.4) is 0 Å². The number of aromatic nitrogens is 2. The van der Waals surface area contributed by atoms with Gasteiger partial charge in [-0.2, -0.15) is 13.9 Å². The van der Waals surface area contributed by atoms with Crippen molar-refractivity contribution in [3.63, 3.8) is 0 Å². The number of alkyl halides is 2. The van der Waals surface area contributed by atoms with E-state index in [1.807, 2.05) is 0 Å². The van der Waals surface area contributed by atoms with E-state index in [1.165, 1.54) is 12.1 Å². The Balaban J connectivity index is 2.30. The molecule has 22 heavy (non-hydrogen) atoms. The summed E-state index contributed by atoms with van der Waals surface area (Å²) in [6.45, 7) is 0.564. The Hall–Kier alpha value is -1.96. The first-order valence-corrected chi connectivity index (χ1v) is 7.14. The van der Waals surface area contributed by atoms with E-state index in [0.29, 0.717) is 4.47 Å². The van der Waals surface area contributed by atoms with Gasteiger partial charge in [0.1, 0.15) is 5.75 Å². The molecule has 118 valence electrons. The average Bonchev–Trinajstić information content (AvgIpc) is 2.69. The summed E-state index contributed by atoms with van der Waals surface area (Å²) in [4.78, 5) is 12.3. The van der Waals surface area contributed by atoms with E-state index >= 15 is 0 Å². The predicted molar refractivity (Wildman–Crippen MR) is 81.4 cm³/mol. The summed E-state index contributed by atoms with van der Waals surface area (Å²) in [5.41, 5.74) is 1.84. The summed E-state index contributed by atoms with van der Waals surface area (Å²) < 4.78 is 31.4. The van der Waals surface area contributed by atoms with Crippen LogP contribution >= 0.6 is 15.9 Å². The predicted octanol–water partition coefficient (Wildman–Crippen LogP) is 3.65. The van der Waals surface area contributed by atoms with E-state index in [1.54, 1.807) is 31.6 Å². The maximum absolute atomic E-state index is 12.5. The van der Waals surface area contributed by atoms with Gasteiger partial charge in [0.15, 0.2) is 5.69 Å². The van der Waals surface area contributed by atoms with E-state index in [2.05, 4.69) is 31.1 Å². The lowest BCUT2D eigenvalue weighted by atomic mass is 10.2. The number of benzene rings is 1. The molecule has 1 N–H and O–H groups in total. The summed E-state index contributed by atoms with van der Waals surface area (Å²) in [7, 11) is 1.70. The first kappa shape index (κ1) is 16.4. The number of rotatable bonds is 4. The van der Waals surface area contributed by atoms with E-state index in [-0.39, 0.29) is 17.1 Å². The molecule has 0 radical (unpaired) electrons. The molecule has 0 spiro atoms. The third-order valence-corrected chi connectivity index (χ3v) is 4.03. The number of hydrogen-bond acceptors (Lipinski definition) is 3. The molecule has 0 aliphatic heterocycles. The van der Waals surface area contributed by atoms with Crippen LogP contribution in [-0.2, 0) is 7.05 Å². The molecule has 0 fully saturated rings. The highest BCUT2D eigenvalue weighted by atomic mass is 79.9. The molecular formula is C14H14BrF2N3O2. The number of ether oxygens (including phenoxy) is 1. The van der Waals surface area contributed by atoms with Gasteiger partial charge in [-0.15, -0.1) is 0 Å². The van der Waals surface area contributed by atoms with Gasteiger partial charge in [0.25, 0.3) is 5.91 Å². The number of amides is 1. The summed E-state index contributed by atoms with van der Waals surface area (Å²) in [5.74, 6) is -0.606. The van der Waals surface area contributed by atoms with Crippen molar-refractivity contribution in [2.75, 3.05) is 5.32 Å². The number of nitrogens with one attached hydrogen (secondary N) is 1. The third-order valence-electron chi connectivity index (χ3n) is 3.08. The van der Waals surface area contributed by atoms with Gasteiger partial charge < -0.3 is 10.1 Å². The lowest BCUT2D eigenvalue weighted by Gasteiger charge is -2.12. The number of aryl methyl sites for hydroxylation is 2. The number of carbonyl (C=O) groups excluding carboxylic acids is 1. The fourth-order valence-corrected chi connectivity index (χ4v) is 2.35. The SMILES string of the molecule is Cc1ccc(NC(=O)c2nn(C)c(C)c2Br)c(OC(F)F)c1. The van der Waals surface area contributed by atoms with Crippen molar-refractivity contribution >= 4 is 27.5 Å². The normalized spacial score (nSPS) is 10.9. The molecule has 1 heterocycles. The highest BCUT2D eigenvalue weighted by Gasteiger charge is 2.20. The molecule has 0 atom stereocenters. The standard InChI is InChI=1S/C14H14BrF2N3O2/c1-7-4-5-9(10(6-7)22-14(16)17)18-13(21)12-11(15)8(2)20(3)19-12/h4-6,14H,1-3H3,(H,18,21). The van der Waals surface area contributed by atoms with Crippen molar-refractivity contribution in [1.82, 2.24) is 9.78 Å². The zero-order valence-electron chi connectivity index (χ0n) is 12.2. The van der Waals surface area contributed by atoms with E-state index in [0.717, 1.165) is 11.3 Å². The topological polar surface area (TPSA) is 56.2 Å². The molecule has 8 heteroatoms. The van der Waals surface area contributed by atoms with Gasteiger partial charge in [0, 0.05) is 7.05 Å². The molecule has 2 rings (SSSR count). The summed E-state index contributed by atoms with van der Waals surface area (Å²) >= 11 is 3.29. The average molecular weight is 374 g/mol. The fraction of sp³-hybridized carbons (Fsp3) is 0.286. The highest BCUT2D eigenvalue weighted by molar-refractivity contribution is 9.10. The van der Waals surface area contributed by atoms with Crippen molar-refractivity contribution in [3.05, 3.63) is 39.6 Å². The molecule has 0 saturated heterocycles. The Morgan fingerprint density at radius 1 is 1.41 bits per heavy atom. The van der Waals surface area contributed by atoms with Crippen LogP contribution in [0.5, 0.6) is 5.75 Å². The van der Waals surface area contributed by atoms with Gasteiger partial charge in [-0.1, -0.05) is 6.07 Å². The minimum Gasteiger partial charge on any atom is -0.433 e. The number of anilines is 1. The lowest BCUT2D eigenvalue weighted by Crippen LogP contribution is -2.15. The number of nitrogens with zero attached hydrogens (tertiary/aromatic N) is 2. The highest BCUT2D eigenvalue weighted by Crippen LogP contribution is 2.29. The Labute approximate surface area is 134 Å². The third kappa shape index (κ3) is 3.44. The Morgan fingerprint density at radius 3 is 2.64 bits per heavy atom. The quantitative estimate of drug-likeness (QED) is 0.889. The smallest absolute Gasteiger partial charge is 0.387 e. The second kappa shape index (κ2) is 6.43. The molecule has 0 bridgehead atoms.